The summed E-state index contributed by atoms with van der Waals surface area (Å²) in [5.74, 6) is -0.0876. The smallest absolute Gasteiger partial charge is 0.407 e. The summed E-state index contributed by atoms with van der Waals surface area (Å²) in [5, 5.41) is 23.8. The molecule has 1 unspecified atom stereocenters. The average Bonchev–Trinajstić information content (AvgIpc) is 3.54. The van der Waals surface area contributed by atoms with Gasteiger partial charge < -0.3 is 15.4 Å². The van der Waals surface area contributed by atoms with E-state index >= 15 is 0 Å². The molecule has 0 radical (unpaired) electrons. The summed E-state index contributed by atoms with van der Waals surface area (Å²) in [6, 6.07) is 4.18. The molecule has 1 aliphatic carbocycles. The first-order valence-electron chi connectivity index (χ1n) is 10.5. The standard InChI is InChI=1S/C23H23N5O3S2/c1-28-12-17(11-26-28)10-25-23(30)31-13-16-2-4-18-19(9-24)22(33-20(18)8-16)27-21(29)5-3-15-6-7-32-14-15/h3,5-7,11-12,14,16H,2,4,8,10,13H2,1H3,(H,25,30)(H,27,29)/b5-3+. The van der Waals surface area contributed by atoms with Crippen molar-refractivity contribution in [3.63, 3.8) is 0 Å². The van der Waals surface area contributed by atoms with Crippen molar-refractivity contribution in [2.75, 3.05) is 11.9 Å². The van der Waals surface area contributed by atoms with Crippen molar-refractivity contribution in [3.05, 3.63) is 62.4 Å². The van der Waals surface area contributed by atoms with Crippen LogP contribution in [0, 0.1) is 17.2 Å². The Morgan fingerprint density at radius 3 is 3.06 bits per heavy atom. The van der Waals surface area contributed by atoms with Gasteiger partial charge >= 0.3 is 6.09 Å². The first-order valence-corrected chi connectivity index (χ1v) is 12.2. The fraction of sp³-hybridized carbons (Fsp3) is 0.304. The van der Waals surface area contributed by atoms with Crippen molar-refractivity contribution >= 4 is 45.8 Å². The number of ether oxygens (including phenoxy) is 1. The third-order valence-corrected chi connectivity index (χ3v) is 7.20. The number of aryl methyl sites for hydroxylation is 1. The molecule has 2 amide bonds. The molecule has 3 aromatic heterocycles. The quantitative estimate of drug-likeness (QED) is 0.494. The molecular formula is C23H23N5O3S2. The van der Waals surface area contributed by atoms with Crippen molar-refractivity contribution in [3.8, 4) is 6.07 Å². The minimum absolute atomic E-state index is 0.175. The van der Waals surface area contributed by atoms with E-state index in [0.29, 0.717) is 30.1 Å². The normalized spacial score (nSPS) is 15.1. The lowest BCUT2D eigenvalue weighted by Gasteiger charge is -2.21. The third kappa shape index (κ3) is 5.88. The Kier molecular flexibility index (Phi) is 7.22. The molecule has 3 aromatic rings. The van der Waals surface area contributed by atoms with E-state index in [1.54, 1.807) is 28.3 Å². The van der Waals surface area contributed by atoms with E-state index in [9.17, 15) is 14.9 Å². The number of aromatic nitrogens is 2. The fourth-order valence-corrected chi connectivity index (χ4v) is 5.62. The Balaban J connectivity index is 1.31. The topological polar surface area (TPSA) is 109 Å². The summed E-state index contributed by atoms with van der Waals surface area (Å²) in [7, 11) is 1.82. The van der Waals surface area contributed by atoms with E-state index in [4.69, 9.17) is 4.74 Å². The van der Waals surface area contributed by atoms with Gasteiger partial charge in [0.1, 0.15) is 11.1 Å². The number of hydrogen-bond acceptors (Lipinski definition) is 7. The molecule has 2 N–H and O–H groups in total. The molecule has 4 rings (SSSR count). The van der Waals surface area contributed by atoms with Crippen molar-refractivity contribution < 1.29 is 14.3 Å². The second kappa shape index (κ2) is 10.5. The van der Waals surface area contributed by atoms with Crippen LogP contribution in [0.25, 0.3) is 6.08 Å². The predicted molar refractivity (Wildman–Crippen MR) is 128 cm³/mol. The van der Waals surface area contributed by atoms with Gasteiger partial charge in [-0.25, -0.2) is 4.79 Å². The third-order valence-electron chi connectivity index (χ3n) is 5.33. The molecule has 0 aromatic carbocycles. The number of nitriles is 1. The Hall–Kier alpha value is -3.42. The maximum atomic E-state index is 12.3. The molecular weight excluding hydrogens is 458 g/mol. The van der Waals surface area contributed by atoms with Crippen molar-refractivity contribution in [2.45, 2.75) is 25.8 Å². The number of amides is 2. The lowest BCUT2D eigenvalue weighted by Crippen LogP contribution is -2.27. The number of alkyl carbamates (subject to hydrolysis) is 1. The minimum atomic E-state index is -0.459. The average molecular weight is 482 g/mol. The van der Waals surface area contributed by atoms with Crippen LogP contribution in [0.1, 0.15) is 33.6 Å². The van der Waals surface area contributed by atoms with Gasteiger partial charge in [0.2, 0.25) is 5.91 Å². The van der Waals surface area contributed by atoms with E-state index in [-0.39, 0.29) is 11.8 Å². The molecule has 0 saturated heterocycles. The van der Waals surface area contributed by atoms with Crippen LogP contribution in [0.4, 0.5) is 9.80 Å². The number of thiophene rings is 2. The second-order valence-corrected chi connectivity index (χ2v) is 9.67. The van der Waals surface area contributed by atoms with E-state index < -0.39 is 6.09 Å². The highest BCUT2D eigenvalue weighted by Gasteiger charge is 2.27. The van der Waals surface area contributed by atoms with Crippen LogP contribution in [0.5, 0.6) is 0 Å². The molecule has 0 aliphatic heterocycles. The number of rotatable bonds is 7. The number of nitrogens with zero attached hydrogens (tertiary/aromatic N) is 3. The van der Waals surface area contributed by atoms with Gasteiger partial charge in [-0.1, -0.05) is 0 Å². The molecule has 1 atom stereocenters. The number of nitrogens with one attached hydrogen (secondary N) is 2. The van der Waals surface area contributed by atoms with Gasteiger partial charge in [-0.3, -0.25) is 9.48 Å². The summed E-state index contributed by atoms with van der Waals surface area (Å²) in [4.78, 5) is 25.4. The van der Waals surface area contributed by atoms with Crippen LogP contribution in [-0.4, -0.2) is 28.4 Å². The number of carbonyl (C=O) groups excluding carboxylic acids is 2. The van der Waals surface area contributed by atoms with E-state index in [1.165, 1.54) is 17.4 Å². The van der Waals surface area contributed by atoms with Crippen molar-refractivity contribution in [2.24, 2.45) is 13.0 Å². The first-order chi connectivity index (χ1) is 16.0. The predicted octanol–water partition coefficient (Wildman–Crippen LogP) is 4.10. The molecule has 0 fully saturated rings. The van der Waals surface area contributed by atoms with Gasteiger partial charge in [0.15, 0.2) is 0 Å². The Morgan fingerprint density at radius 2 is 2.33 bits per heavy atom. The SMILES string of the molecule is Cn1cc(CNC(=O)OCC2CCc3c(sc(NC(=O)/C=C/c4ccsc4)c3C#N)C2)cn1. The highest BCUT2D eigenvalue weighted by atomic mass is 32.1. The summed E-state index contributed by atoms with van der Waals surface area (Å²) in [6.07, 6.45) is 8.55. The van der Waals surface area contributed by atoms with E-state index in [1.807, 2.05) is 30.1 Å². The molecule has 33 heavy (non-hydrogen) atoms. The number of fused-ring (bicyclic) bond motifs is 1. The zero-order valence-electron chi connectivity index (χ0n) is 18.0. The first kappa shape index (κ1) is 22.8. The fourth-order valence-electron chi connectivity index (χ4n) is 3.68. The maximum Gasteiger partial charge on any atom is 0.407 e. The van der Waals surface area contributed by atoms with Crippen LogP contribution < -0.4 is 10.6 Å². The molecule has 0 saturated carbocycles. The minimum Gasteiger partial charge on any atom is -0.449 e. The highest BCUT2D eigenvalue weighted by molar-refractivity contribution is 7.16. The van der Waals surface area contributed by atoms with Gasteiger partial charge in [0.25, 0.3) is 0 Å². The molecule has 1 aliphatic rings. The molecule has 8 nitrogen and oxygen atoms in total. The summed E-state index contributed by atoms with van der Waals surface area (Å²) in [6.45, 7) is 0.672. The number of hydrogen-bond donors (Lipinski definition) is 2. The summed E-state index contributed by atoms with van der Waals surface area (Å²) < 4.78 is 7.08. The van der Waals surface area contributed by atoms with E-state index in [2.05, 4.69) is 21.8 Å². The Labute approximate surface area is 199 Å². The van der Waals surface area contributed by atoms with Gasteiger partial charge in [0, 0.05) is 36.3 Å². The molecule has 10 heteroatoms. The van der Waals surface area contributed by atoms with Crippen LogP contribution in [0.3, 0.4) is 0 Å². The Morgan fingerprint density at radius 1 is 1.45 bits per heavy atom. The van der Waals surface area contributed by atoms with Crippen LogP contribution in [-0.2, 0) is 36.0 Å². The van der Waals surface area contributed by atoms with Crippen molar-refractivity contribution in [1.29, 1.82) is 5.26 Å². The second-order valence-electron chi connectivity index (χ2n) is 7.78. The van der Waals surface area contributed by atoms with Crippen LogP contribution in [0.2, 0.25) is 0 Å². The van der Waals surface area contributed by atoms with Gasteiger partial charge in [-0.15, -0.1) is 11.3 Å². The zero-order valence-corrected chi connectivity index (χ0v) is 19.7. The Bertz CT molecular complexity index is 1200. The molecule has 170 valence electrons. The largest absolute Gasteiger partial charge is 0.449 e. The van der Waals surface area contributed by atoms with E-state index in [0.717, 1.165) is 34.4 Å². The van der Waals surface area contributed by atoms with Crippen LogP contribution in [0.15, 0.2) is 35.3 Å². The van der Waals surface area contributed by atoms with Crippen LogP contribution >= 0.6 is 22.7 Å². The zero-order chi connectivity index (χ0) is 23.2. The highest BCUT2D eigenvalue weighted by Crippen LogP contribution is 2.39. The van der Waals surface area contributed by atoms with Gasteiger partial charge in [-0.2, -0.15) is 21.7 Å². The van der Waals surface area contributed by atoms with Gasteiger partial charge in [0.05, 0.1) is 18.4 Å². The molecule has 0 bridgehead atoms. The molecule has 3 heterocycles. The number of anilines is 1. The lowest BCUT2D eigenvalue weighted by molar-refractivity contribution is -0.111. The maximum absolute atomic E-state index is 12.3. The lowest BCUT2D eigenvalue weighted by atomic mass is 9.88. The van der Waals surface area contributed by atoms with Crippen molar-refractivity contribution in [1.82, 2.24) is 15.1 Å². The monoisotopic (exact) mass is 481 g/mol. The van der Waals surface area contributed by atoms with Gasteiger partial charge in [-0.05, 0) is 59.2 Å². The summed E-state index contributed by atoms with van der Waals surface area (Å²) in [5.41, 5.74) is 3.41. The summed E-state index contributed by atoms with van der Waals surface area (Å²) >= 11 is 3.00. The molecule has 0 spiro atoms. The number of carbonyl (C=O) groups is 2.